The number of rotatable bonds is 17. The molecular formula is C38H48N4O7S. The lowest BCUT2D eigenvalue weighted by Gasteiger charge is -2.30. The van der Waals surface area contributed by atoms with E-state index >= 15 is 0 Å². The van der Waals surface area contributed by atoms with Gasteiger partial charge in [0.15, 0.2) is 12.4 Å². The lowest BCUT2D eigenvalue weighted by atomic mass is 9.93. The van der Waals surface area contributed by atoms with Crippen molar-refractivity contribution in [3.05, 3.63) is 113 Å². The van der Waals surface area contributed by atoms with Crippen LogP contribution in [0.4, 0.5) is 0 Å². The molecule has 12 heteroatoms. The summed E-state index contributed by atoms with van der Waals surface area (Å²) in [5.41, 5.74) is 3.82. The van der Waals surface area contributed by atoms with Gasteiger partial charge in [0.1, 0.15) is 22.4 Å². The van der Waals surface area contributed by atoms with Crippen molar-refractivity contribution >= 4 is 21.8 Å². The molecule has 0 spiro atoms. The van der Waals surface area contributed by atoms with Gasteiger partial charge in [-0.2, -0.15) is 4.72 Å². The highest BCUT2D eigenvalue weighted by atomic mass is 32.2. The van der Waals surface area contributed by atoms with E-state index in [0.717, 1.165) is 22.3 Å². The van der Waals surface area contributed by atoms with E-state index in [1.165, 1.54) is 13.8 Å². The highest BCUT2D eigenvalue weighted by molar-refractivity contribution is 7.89. The minimum absolute atomic E-state index is 0.0671. The van der Waals surface area contributed by atoms with Gasteiger partial charge in [0.05, 0.1) is 12.1 Å². The Balaban J connectivity index is 1.55. The molecule has 3 aromatic carbocycles. The normalized spacial score (nSPS) is 14.1. The van der Waals surface area contributed by atoms with E-state index in [1.807, 2.05) is 92.7 Å². The maximum absolute atomic E-state index is 13.9. The molecule has 0 fully saturated rings. The third-order valence-electron chi connectivity index (χ3n) is 8.53. The number of aryl methyl sites for hydroxylation is 4. The molecule has 0 saturated carbocycles. The average Bonchev–Trinajstić information content (AvgIpc) is 3.42. The Morgan fingerprint density at radius 1 is 0.840 bits per heavy atom. The SMILES string of the molecule is Cc1cccc(C)c1OCC(=O)N[C@@H](Cc1ccccc1)[C@@H](O)C[C@H](Cc1ccccc1)NC(=O)[C@@H](NS(=O)(=O)c1c(C)noc1C)C(C)C. The molecule has 4 rings (SSSR count). The van der Waals surface area contributed by atoms with Crippen molar-refractivity contribution in [2.75, 3.05) is 6.61 Å². The molecule has 4 aromatic rings. The summed E-state index contributed by atoms with van der Waals surface area (Å²) in [6.07, 6.45) is -0.343. The van der Waals surface area contributed by atoms with E-state index in [4.69, 9.17) is 9.26 Å². The molecule has 0 radical (unpaired) electrons. The Morgan fingerprint density at radius 3 is 1.96 bits per heavy atom. The van der Waals surface area contributed by atoms with Gasteiger partial charge in [-0.05, 0) is 75.1 Å². The van der Waals surface area contributed by atoms with Crippen molar-refractivity contribution in [3.63, 3.8) is 0 Å². The first-order valence-electron chi connectivity index (χ1n) is 16.7. The number of nitrogens with zero attached hydrogens (tertiary/aromatic N) is 1. The smallest absolute Gasteiger partial charge is 0.258 e. The van der Waals surface area contributed by atoms with Gasteiger partial charge in [-0.15, -0.1) is 0 Å². The van der Waals surface area contributed by atoms with Crippen molar-refractivity contribution in [1.29, 1.82) is 0 Å². The maximum Gasteiger partial charge on any atom is 0.258 e. The minimum Gasteiger partial charge on any atom is -0.483 e. The molecule has 0 bridgehead atoms. The molecule has 0 unspecified atom stereocenters. The molecule has 11 nitrogen and oxygen atoms in total. The van der Waals surface area contributed by atoms with E-state index in [-0.39, 0.29) is 29.4 Å². The zero-order valence-corrected chi connectivity index (χ0v) is 30.3. The van der Waals surface area contributed by atoms with Crippen LogP contribution in [-0.4, -0.2) is 61.3 Å². The summed E-state index contributed by atoms with van der Waals surface area (Å²) in [4.78, 5) is 27.0. The highest BCUT2D eigenvalue weighted by Gasteiger charge is 2.34. The number of sulfonamides is 1. The van der Waals surface area contributed by atoms with Gasteiger partial charge >= 0.3 is 0 Å². The molecule has 0 saturated heterocycles. The van der Waals surface area contributed by atoms with Crippen LogP contribution in [0.1, 0.15) is 54.0 Å². The number of amides is 2. The summed E-state index contributed by atoms with van der Waals surface area (Å²) < 4.78 is 40.2. The number of carbonyl (C=O) groups excluding carboxylic acids is 2. The molecule has 1 aromatic heterocycles. The molecule has 0 aliphatic heterocycles. The van der Waals surface area contributed by atoms with E-state index in [1.54, 1.807) is 13.8 Å². The summed E-state index contributed by atoms with van der Waals surface area (Å²) in [6, 6.07) is 22.3. The summed E-state index contributed by atoms with van der Waals surface area (Å²) in [5.74, 6) is -0.611. The fourth-order valence-electron chi connectivity index (χ4n) is 5.98. The van der Waals surface area contributed by atoms with Crippen LogP contribution in [0.25, 0.3) is 0 Å². The Bertz CT molecular complexity index is 1790. The monoisotopic (exact) mass is 704 g/mol. The summed E-state index contributed by atoms with van der Waals surface area (Å²) in [5, 5.41) is 21.5. The van der Waals surface area contributed by atoms with Crippen molar-refractivity contribution < 1.29 is 32.4 Å². The third kappa shape index (κ3) is 10.5. The van der Waals surface area contributed by atoms with Crippen LogP contribution >= 0.6 is 0 Å². The van der Waals surface area contributed by atoms with Crippen molar-refractivity contribution in [2.24, 2.45) is 5.92 Å². The predicted molar refractivity (Wildman–Crippen MR) is 191 cm³/mol. The van der Waals surface area contributed by atoms with E-state index in [2.05, 4.69) is 20.5 Å². The van der Waals surface area contributed by atoms with Crippen molar-refractivity contribution in [1.82, 2.24) is 20.5 Å². The van der Waals surface area contributed by atoms with Gasteiger partial charge in [0.2, 0.25) is 15.9 Å². The Hall–Kier alpha value is -4.52. The number of nitrogens with one attached hydrogen (secondary N) is 3. The number of hydrogen-bond acceptors (Lipinski definition) is 8. The standard InChI is InChI=1S/C38H48N4O7S/c1-24(2)35(42-50(46,47)37-27(5)41-49-28(37)6)38(45)39-31(20-29-16-9-7-10-17-29)22-33(43)32(21-30-18-11-8-12-19-30)40-34(44)23-48-36-25(3)14-13-15-26(36)4/h7-19,24,31-33,35,42-43H,20-23H2,1-6H3,(H,39,45)(H,40,44)/t31-,32-,33-,35-/m0/s1. The van der Waals surface area contributed by atoms with Crippen LogP contribution < -0.4 is 20.1 Å². The van der Waals surface area contributed by atoms with Gasteiger partial charge in [-0.3, -0.25) is 9.59 Å². The second-order valence-corrected chi connectivity index (χ2v) is 14.7. The molecule has 2 amide bonds. The van der Waals surface area contributed by atoms with Gasteiger partial charge in [-0.25, -0.2) is 8.42 Å². The number of aromatic nitrogens is 1. The number of ether oxygens (including phenoxy) is 1. The van der Waals surface area contributed by atoms with Crippen LogP contribution in [0.5, 0.6) is 5.75 Å². The Kier molecular flexibility index (Phi) is 13.3. The Labute approximate surface area is 294 Å². The van der Waals surface area contributed by atoms with Crippen LogP contribution in [0.15, 0.2) is 88.3 Å². The number of hydrogen-bond donors (Lipinski definition) is 4. The number of benzene rings is 3. The second-order valence-electron chi connectivity index (χ2n) is 13.1. The number of carbonyl (C=O) groups is 2. The molecule has 0 aliphatic rings. The fourth-order valence-corrected chi connectivity index (χ4v) is 7.65. The zero-order chi connectivity index (χ0) is 36.4. The topological polar surface area (TPSA) is 160 Å². The van der Waals surface area contributed by atoms with Crippen LogP contribution in [0, 0.1) is 33.6 Å². The quantitative estimate of drug-likeness (QED) is 0.125. The summed E-state index contributed by atoms with van der Waals surface area (Å²) >= 11 is 0. The molecule has 1 heterocycles. The highest BCUT2D eigenvalue weighted by Crippen LogP contribution is 2.23. The fraction of sp³-hybridized carbons (Fsp3) is 0.395. The largest absolute Gasteiger partial charge is 0.483 e. The van der Waals surface area contributed by atoms with E-state index in [0.29, 0.717) is 18.6 Å². The first-order chi connectivity index (χ1) is 23.7. The zero-order valence-electron chi connectivity index (χ0n) is 29.5. The molecule has 50 heavy (non-hydrogen) atoms. The van der Waals surface area contributed by atoms with Gasteiger partial charge in [0, 0.05) is 6.04 Å². The molecule has 4 atom stereocenters. The van der Waals surface area contributed by atoms with E-state index in [9.17, 15) is 23.1 Å². The van der Waals surface area contributed by atoms with Gasteiger partial charge in [-0.1, -0.05) is 97.9 Å². The lowest BCUT2D eigenvalue weighted by molar-refractivity contribution is -0.126. The van der Waals surface area contributed by atoms with Gasteiger partial charge < -0.3 is 25.0 Å². The predicted octanol–water partition coefficient (Wildman–Crippen LogP) is 4.50. The van der Waals surface area contributed by atoms with Gasteiger partial charge in [0.25, 0.3) is 5.91 Å². The number of aliphatic hydroxyl groups excluding tert-OH is 1. The molecular weight excluding hydrogens is 657 g/mol. The average molecular weight is 705 g/mol. The first-order valence-corrected chi connectivity index (χ1v) is 18.2. The van der Waals surface area contributed by atoms with Crippen molar-refractivity contribution in [2.45, 2.75) is 89.9 Å². The van der Waals surface area contributed by atoms with E-state index < -0.39 is 52.0 Å². The lowest BCUT2D eigenvalue weighted by Crippen LogP contribution is -2.54. The second kappa shape index (κ2) is 17.4. The molecule has 4 N–H and O–H groups in total. The Morgan fingerprint density at radius 2 is 1.42 bits per heavy atom. The van der Waals surface area contributed by atoms with Crippen molar-refractivity contribution in [3.8, 4) is 5.75 Å². The minimum atomic E-state index is -4.15. The maximum atomic E-state index is 13.9. The van der Waals surface area contributed by atoms with Crippen LogP contribution in [0.2, 0.25) is 0 Å². The first kappa shape index (κ1) is 38.3. The summed E-state index contributed by atoms with van der Waals surface area (Å²) in [7, 11) is -4.15. The van der Waals surface area contributed by atoms with Crippen LogP contribution in [0.3, 0.4) is 0 Å². The third-order valence-corrected chi connectivity index (χ3v) is 10.2. The molecule has 0 aliphatic carbocycles. The summed E-state index contributed by atoms with van der Waals surface area (Å²) in [6.45, 7) is 10.1. The molecule has 268 valence electrons. The number of aliphatic hydroxyl groups is 1. The number of para-hydroxylation sites is 1. The van der Waals surface area contributed by atoms with Crippen LogP contribution in [-0.2, 0) is 32.5 Å².